The molecule has 0 aliphatic rings. The number of carbonyl (C=O) groups is 3. The van der Waals surface area contributed by atoms with Gasteiger partial charge in [-0.05, 0) is 19.3 Å². The number of carbonyl (C=O) groups excluding carboxylic acids is 3. The van der Waals surface area contributed by atoms with E-state index in [1.165, 1.54) is 70.6 Å². The molecule has 242 valence electrons. The molecule has 0 unspecified atom stereocenters. The van der Waals surface area contributed by atoms with Crippen molar-refractivity contribution in [3.8, 4) is 0 Å². The molecule has 0 aliphatic heterocycles. The van der Waals surface area contributed by atoms with Gasteiger partial charge in [-0.2, -0.15) is 0 Å². The van der Waals surface area contributed by atoms with E-state index >= 15 is 0 Å². The molecule has 7 nitrogen and oxygen atoms in total. The van der Waals surface area contributed by atoms with Gasteiger partial charge >= 0.3 is 17.9 Å². The van der Waals surface area contributed by atoms with E-state index in [-0.39, 0.29) is 19.8 Å². The summed E-state index contributed by atoms with van der Waals surface area (Å²) in [6, 6.07) is 0. The first-order valence-corrected chi connectivity index (χ1v) is 17.1. The fraction of sp³-hybridized carbons (Fsp3) is 0.912. The van der Waals surface area contributed by atoms with E-state index in [9.17, 15) is 19.5 Å². The lowest BCUT2D eigenvalue weighted by molar-refractivity contribution is -0.178. The van der Waals surface area contributed by atoms with Crippen LogP contribution in [0.2, 0.25) is 0 Å². The Morgan fingerprint density at radius 3 is 1.02 bits per heavy atom. The number of aliphatic hydroxyl groups is 1. The summed E-state index contributed by atoms with van der Waals surface area (Å²) >= 11 is 0. The van der Waals surface area contributed by atoms with Crippen LogP contribution in [0, 0.1) is 0 Å². The molecule has 1 N–H and O–H groups in total. The Kier molecular flexibility index (Phi) is 27.4. The first kappa shape index (κ1) is 39.4. The van der Waals surface area contributed by atoms with Gasteiger partial charge in [-0.25, -0.2) is 4.79 Å². The smallest absolute Gasteiger partial charge is 0.339 e. The van der Waals surface area contributed by atoms with E-state index in [0.29, 0.717) is 6.42 Å². The van der Waals surface area contributed by atoms with Gasteiger partial charge in [0.2, 0.25) is 0 Å². The maximum atomic E-state index is 12.9. The third-order valence-electron chi connectivity index (χ3n) is 7.51. The van der Waals surface area contributed by atoms with Crippen LogP contribution in [0.15, 0.2) is 0 Å². The second-order valence-corrected chi connectivity index (χ2v) is 11.7. The molecule has 0 saturated carbocycles. The Hall–Kier alpha value is -1.63. The van der Waals surface area contributed by atoms with Crippen molar-refractivity contribution in [3.63, 3.8) is 0 Å². The lowest BCUT2D eigenvalue weighted by Crippen LogP contribution is -2.45. The maximum Gasteiger partial charge on any atom is 0.339 e. The average Bonchev–Trinajstić information content (AvgIpc) is 2.94. The zero-order valence-corrected chi connectivity index (χ0v) is 27.0. The van der Waals surface area contributed by atoms with Gasteiger partial charge in [0, 0.05) is 0 Å². The fourth-order valence-electron chi connectivity index (χ4n) is 4.81. The predicted octanol–water partition coefficient (Wildman–Crippen LogP) is 8.77. The van der Waals surface area contributed by atoms with Crippen LogP contribution in [-0.2, 0) is 28.6 Å². The molecule has 0 aromatic carbocycles. The molecular weight excluding hydrogens is 520 g/mol. The topological polar surface area (TPSA) is 99.1 Å². The first-order chi connectivity index (χ1) is 19.9. The van der Waals surface area contributed by atoms with E-state index in [2.05, 4.69) is 20.8 Å². The number of unbranched alkanes of at least 4 members (excludes halogenated alkanes) is 19. The zero-order valence-electron chi connectivity index (χ0n) is 27.0. The molecule has 0 aromatic heterocycles. The van der Waals surface area contributed by atoms with Crippen molar-refractivity contribution in [2.75, 3.05) is 19.8 Å². The van der Waals surface area contributed by atoms with Gasteiger partial charge in [0.15, 0.2) is 5.60 Å². The maximum absolute atomic E-state index is 12.9. The molecule has 0 aliphatic carbocycles. The number of hydrogen-bond acceptors (Lipinski definition) is 7. The summed E-state index contributed by atoms with van der Waals surface area (Å²) in [5.74, 6) is -2.37. The summed E-state index contributed by atoms with van der Waals surface area (Å²) in [7, 11) is 0. The largest absolute Gasteiger partial charge is 0.466 e. The molecule has 0 rings (SSSR count). The first-order valence-electron chi connectivity index (χ1n) is 17.1. The van der Waals surface area contributed by atoms with Crippen LogP contribution in [0.4, 0.5) is 0 Å². The van der Waals surface area contributed by atoms with Crippen molar-refractivity contribution < 1.29 is 33.7 Å². The normalized spacial score (nSPS) is 11.4. The van der Waals surface area contributed by atoms with Gasteiger partial charge in [-0.3, -0.25) is 9.59 Å². The molecule has 0 atom stereocenters. The Morgan fingerprint density at radius 1 is 0.439 bits per heavy atom. The highest BCUT2D eigenvalue weighted by Gasteiger charge is 2.43. The van der Waals surface area contributed by atoms with E-state index in [4.69, 9.17) is 14.2 Å². The van der Waals surface area contributed by atoms with E-state index in [1.807, 2.05) is 0 Å². The molecule has 0 aromatic rings. The van der Waals surface area contributed by atoms with Gasteiger partial charge in [0.05, 0.1) is 32.7 Å². The highest BCUT2D eigenvalue weighted by atomic mass is 16.6. The molecule has 0 fully saturated rings. The van der Waals surface area contributed by atoms with Crippen LogP contribution in [0.25, 0.3) is 0 Å². The summed E-state index contributed by atoms with van der Waals surface area (Å²) in [5, 5.41) is 11.1. The van der Waals surface area contributed by atoms with Crippen molar-refractivity contribution in [3.05, 3.63) is 0 Å². The van der Waals surface area contributed by atoms with E-state index in [0.717, 1.165) is 64.2 Å². The Bertz CT molecular complexity index is 603. The van der Waals surface area contributed by atoms with Crippen molar-refractivity contribution in [2.45, 2.75) is 180 Å². The van der Waals surface area contributed by atoms with Crippen molar-refractivity contribution >= 4 is 17.9 Å². The number of esters is 3. The fourth-order valence-corrected chi connectivity index (χ4v) is 4.81. The van der Waals surface area contributed by atoms with Crippen LogP contribution in [-0.4, -0.2) is 48.4 Å². The van der Waals surface area contributed by atoms with Crippen LogP contribution in [0.3, 0.4) is 0 Å². The zero-order chi connectivity index (χ0) is 30.4. The van der Waals surface area contributed by atoms with Crippen LogP contribution < -0.4 is 0 Å². The summed E-state index contributed by atoms with van der Waals surface area (Å²) in [4.78, 5) is 37.8. The standard InChI is InChI=1S/C34H64O7/c1-4-7-10-13-16-17-18-19-22-25-28-41-33(37)34(38,29-31(35)39-26-23-20-14-11-8-5-2)30-32(36)40-27-24-21-15-12-9-6-3/h38H,4-30H2,1-3H3. The van der Waals surface area contributed by atoms with Crippen LogP contribution in [0.5, 0.6) is 0 Å². The molecule has 7 heteroatoms. The Labute approximate surface area is 251 Å². The highest BCUT2D eigenvalue weighted by Crippen LogP contribution is 2.21. The molecule has 0 heterocycles. The predicted molar refractivity (Wildman–Crippen MR) is 166 cm³/mol. The monoisotopic (exact) mass is 584 g/mol. The molecule has 41 heavy (non-hydrogen) atoms. The van der Waals surface area contributed by atoms with Crippen LogP contribution in [0.1, 0.15) is 175 Å². The molecular formula is C34H64O7. The minimum atomic E-state index is -2.28. The molecule has 0 radical (unpaired) electrons. The lowest BCUT2D eigenvalue weighted by Gasteiger charge is -2.24. The van der Waals surface area contributed by atoms with E-state index in [1.54, 1.807) is 0 Å². The van der Waals surface area contributed by atoms with Gasteiger partial charge in [-0.1, -0.05) is 143 Å². The second kappa shape index (κ2) is 28.5. The third-order valence-corrected chi connectivity index (χ3v) is 7.51. The third kappa shape index (κ3) is 24.7. The average molecular weight is 585 g/mol. The van der Waals surface area contributed by atoms with Crippen molar-refractivity contribution in [2.24, 2.45) is 0 Å². The van der Waals surface area contributed by atoms with Crippen molar-refractivity contribution in [1.29, 1.82) is 0 Å². The quantitative estimate of drug-likeness (QED) is 0.0512. The number of rotatable bonds is 30. The van der Waals surface area contributed by atoms with Gasteiger partial charge < -0.3 is 19.3 Å². The Morgan fingerprint density at radius 2 is 0.707 bits per heavy atom. The Balaban J connectivity index is 4.57. The second-order valence-electron chi connectivity index (χ2n) is 11.7. The van der Waals surface area contributed by atoms with Gasteiger partial charge in [-0.15, -0.1) is 0 Å². The minimum absolute atomic E-state index is 0.150. The molecule has 0 amide bonds. The molecule has 0 saturated heterocycles. The number of ether oxygens (including phenoxy) is 3. The summed E-state index contributed by atoms with van der Waals surface area (Å²) in [6.07, 6.45) is 22.9. The van der Waals surface area contributed by atoms with Crippen LogP contribution >= 0.6 is 0 Å². The summed E-state index contributed by atoms with van der Waals surface area (Å²) < 4.78 is 15.9. The minimum Gasteiger partial charge on any atom is -0.466 e. The molecule has 0 spiro atoms. The summed E-state index contributed by atoms with van der Waals surface area (Å²) in [5.41, 5.74) is -2.28. The van der Waals surface area contributed by atoms with Crippen molar-refractivity contribution in [1.82, 2.24) is 0 Å². The summed E-state index contributed by atoms with van der Waals surface area (Å²) in [6.45, 7) is 7.16. The number of hydrogen-bond donors (Lipinski definition) is 1. The van der Waals surface area contributed by atoms with E-state index < -0.39 is 36.4 Å². The highest BCUT2D eigenvalue weighted by molar-refractivity contribution is 5.90. The SMILES string of the molecule is CCCCCCCCCCCCOC(=O)C(O)(CC(=O)OCCCCCCCC)CC(=O)OCCCCCCCC. The van der Waals surface area contributed by atoms with Gasteiger partial charge in [0.1, 0.15) is 0 Å². The lowest BCUT2D eigenvalue weighted by atomic mass is 9.95. The molecule has 0 bridgehead atoms. The van der Waals surface area contributed by atoms with Gasteiger partial charge in [0.25, 0.3) is 0 Å².